The first kappa shape index (κ1) is 16.0. The van der Waals surface area contributed by atoms with Crippen molar-refractivity contribution in [1.82, 2.24) is 9.62 Å². The lowest BCUT2D eigenvalue weighted by Crippen LogP contribution is -2.47. The Morgan fingerprint density at radius 3 is 2.24 bits per heavy atom. The number of nitrogens with one attached hydrogen (secondary N) is 1. The Balaban J connectivity index is 2.03. The first-order valence-electron chi connectivity index (χ1n) is 7.37. The van der Waals surface area contributed by atoms with Gasteiger partial charge in [0.05, 0.1) is 10.9 Å². The third-order valence-corrected chi connectivity index (χ3v) is 5.23. The Hall–Kier alpha value is -1.40. The highest BCUT2D eigenvalue weighted by atomic mass is 32.2. The second-order valence-corrected chi connectivity index (χ2v) is 7.11. The summed E-state index contributed by atoms with van der Waals surface area (Å²) in [6.07, 6.45) is 4.25. The molecule has 0 aliphatic carbocycles. The average molecular weight is 310 g/mol. The zero-order chi connectivity index (χ0) is 15.3. The van der Waals surface area contributed by atoms with E-state index in [4.69, 9.17) is 0 Å². The lowest BCUT2D eigenvalue weighted by atomic mass is 10.2. The van der Waals surface area contributed by atoms with E-state index in [2.05, 4.69) is 4.72 Å². The molecular weight excluding hydrogens is 288 g/mol. The second-order valence-electron chi connectivity index (χ2n) is 5.40. The summed E-state index contributed by atoms with van der Waals surface area (Å²) in [7, 11) is -3.65. The van der Waals surface area contributed by atoms with Crippen LogP contribution in [0.1, 0.15) is 32.6 Å². The minimum atomic E-state index is -3.65. The largest absolute Gasteiger partial charge is 0.341 e. The van der Waals surface area contributed by atoms with E-state index in [1.165, 1.54) is 12.1 Å². The third kappa shape index (κ3) is 4.28. The average Bonchev–Trinajstić information content (AvgIpc) is 2.76. The standard InChI is InChI=1S/C15H22N2O3S/c1-13(15(18)17-11-7-2-3-8-12-17)16-21(19,20)14-9-5-4-6-10-14/h4-6,9-10,13,16H,2-3,7-8,11-12H2,1H3/t13-/m0/s1. The van der Waals surface area contributed by atoms with Gasteiger partial charge in [-0.05, 0) is 31.9 Å². The zero-order valence-corrected chi connectivity index (χ0v) is 13.1. The lowest BCUT2D eigenvalue weighted by molar-refractivity contribution is -0.132. The number of hydrogen-bond acceptors (Lipinski definition) is 3. The summed E-state index contributed by atoms with van der Waals surface area (Å²) >= 11 is 0. The minimum absolute atomic E-state index is 0.142. The monoisotopic (exact) mass is 310 g/mol. The Morgan fingerprint density at radius 2 is 1.67 bits per heavy atom. The van der Waals surface area contributed by atoms with Crippen LogP contribution in [0, 0.1) is 0 Å². The molecule has 2 rings (SSSR count). The molecule has 1 aliphatic heterocycles. The fraction of sp³-hybridized carbons (Fsp3) is 0.533. The van der Waals surface area contributed by atoms with Gasteiger partial charge in [0.15, 0.2) is 0 Å². The van der Waals surface area contributed by atoms with Gasteiger partial charge in [0, 0.05) is 13.1 Å². The van der Waals surface area contributed by atoms with Crippen LogP contribution in [-0.2, 0) is 14.8 Å². The van der Waals surface area contributed by atoms with E-state index >= 15 is 0 Å². The number of benzene rings is 1. The van der Waals surface area contributed by atoms with Gasteiger partial charge in [-0.2, -0.15) is 4.72 Å². The molecule has 0 aromatic heterocycles. The van der Waals surface area contributed by atoms with Crippen LogP contribution >= 0.6 is 0 Å². The van der Waals surface area contributed by atoms with Gasteiger partial charge >= 0.3 is 0 Å². The SMILES string of the molecule is C[C@H](NS(=O)(=O)c1ccccc1)C(=O)N1CCCCCC1. The summed E-state index contributed by atoms with van der Waals surface area (Å²) < 4.78 is 26.9. The molecule has 1 saturated heterocycles. The number of carbonyl (C=O) groups excluding carboxylic acids is 1. The lowest BCUT2D eigenvalue weighted by Gasteiger charge is -2.24. The fourth-order valence-electron chi connectivity index (χ4n) is 2.52. The second kappa shape index (κ2) is 7.04. The molecule has 116 valence electrons. The van der Waals surface area contributed by atoms with Crippen molar-refractivity contribution in [2.45, 2.75) is 43.5 Å². The summed E-state index contributed by atoms with van der Waals surface area (Å²) in [6, 6.07) is 7.38. The fourth-order valence-corrected chi connectivity index (χ4v) is 3.73. The first-order valence-corrected chi connectivity index (χ1v) is 8.85. The van der Waals surface area contributed by atoms with Crippen LogP contribution < -0.4 is 4.72 Å². The number of amides is 1. The topological polar surface area (TPSA) is 66.5 Å². The van der Waals surface area contributed by atoms with Gasteiger partial charge in [-0.3, -0.25) is 4.79 Å². The smallest absolute Gasteiger partial charge is 0.241 e. The molecule has 0 unspecified atom stereocenters. The molecule has 1 aromatic carbocycles. The highest BCUT2D eigenvalue weighted by Crippen LogP contribution is 2.12. The van der Waals surface area contributed by atoms with Crippen molar-refractivity contribution in [3.63, 3.8) is 0 Å². The molecule has 1 aliphatic rings. The molecule has 6 heteroatoms. The van der Waals surface area contributed by atoms with Gasteiger partial charge < -0.3 is 4.90 Å². The predicted molar refractivity (Wildman–Crippen MR) is 81.3 cm³/mol. The van der Waals surface area contributed by atoms with Crippen LogP contribution in [0.3, 0.4) is 0 Å². The normalized spacial score (nSPS) is 18.0. The van der Waals surface area contributed by atoms with Crippen molar-refractivity contribution < 1.29 is 13.2 Å². The first-order chi connectivity index (χ1) is 10.0. The summed E-state index contributed by atoms with van der Waals surface area (Å²) in [4.78, 5) is 14.3. The summed E-state index contributed by atoms with van der Waals surface area (Å²) in [5, 5.41) is 0. The van der Waals surface area contributed by atoms with Gasteiger partial charge in [-0.25, -0.2) is 8.42 Å². The molecule has 1 fully saturated rings. The maximum atomic E-state index is 12.4. The van der Waals surface area contributed by atoms with Gasteiger partial charge in [0.1, 0.15) is 0 Å². The van der Waals surface area contributed by atoms with Crippen molar-refractivity contribution in [2.75, 3.05) is 13.1 Å². The molecule has 1 atom stereocenters. The van der Waals surface area contributed by atoms with E-state index in [1.807, 2.05) is 0 Å². The van der Waals surface area contributed by atoms with Crippen molar-refractivity contribution in [2.24, 2.45) is 0 Å². The number of hydrogen-bond donors (Lipinski definition) is 1. The highest BCUT2D eigenvalue weighted by molar-refractivity contribution is 7.89. The molecule has 1 amide bonds. The van der Waals surface area contributed by atoms with Crippen molar-refractivity contribution in [3.8, 4) is 0 Å². The summed E-state index contributed by atoms with van der Waals surface area (Å²) in [5.74, 6) is -0.142. The van der Waals surface area contributed by atoms with Gasteiger partial charge in [0.25, 0.3) is 0 Å². The van der Waals surface area contributed by atoms with Crippen LogP contribution in [-0.4, -0.2) is 38.4 Å². The molecule has 1 heterocycles. The minimum Gasteiger partial charge on any atom is -0.341 e. The Kier molecular flexibility index (Phi) is 5.36. The Bertz CT molecular complexity index is 564. The molecule has 0 saturated carbocycles. The molecule has 21 heavy (non-hydrogen) atoms. The van der Waals surface area contributed by atoms with E-state index < -0.39 is 16.1 Å². The molecular formula is C15H22N2O3S. The predicted octanol–water partition coefficient (Wildman–Crippen LogP) is 1.76. The summed E-state index contributed by atoms with van der Waals surface area (Å²) in [5.41, 5.74) is 0. The van der Waals surface area contributed by atoms with Crippen LogP contribution in [0.4, 0.5) is 0 Å². The number of nitrogens with zero attached hydrogens (tertiary/aromatic N) is 1. The van der Waals surface area contributed by atoms with E-state index in [1.54, 1.807) is 30.0 Å². The Labute approximate surface area is 126 Å². The number of likely N-dealkylation sites (tertiary alicyclic amines) is 1. The summed E-state index contributed by atoms with van der Waals surface area (Å²) in [6.45, 7) is 3.04. The van der Waals surface area contributed by atoms with Gasteiger partial charge in [-0.15, -0.1) is 0 Å². The van der Waals surface area contributed by atoms with E-state index in [-0.39, 0.29) is 10.8 Å². The van der Waals surface area contributed by atoms with Crippen LogP contribution in [0.2, 0.25) is 0 Å². The number of sulfonamides is 1. The third-order valence-electron chi connectivity index (χ3n) is 3.67. The van der Waals surface area contributed by atoms with Gasteiger partial charge in [-0.1, -0.05) is 31.0 Å². The van der Waals surface area contributed by atoms with Crippen molar-refractivity contribution in [1.29, 1.82) is 0 Å². The number of rotatable bonds is 4. The maximum absolute atomic E-state index is 12.4. The zero-order valence-electron chi connectivity index (χ0n) is 12.3. The molecule has 0 spiro atoms. The number of carbonyl (C=O) groups is 1. The van der Waals surface area contributed by atoms with E-state index in [9.17, 15) is 13.2 Å². The van der Waals surface area contributed by atoms with Crippen molar-refractivity contribution >= 4 is 15.9 Å². The molecule has 1 aromatic rings. The van der Waals surface area contributed by atoms with Gasteiger partial charge in [0.2, 0.25) is 15.9 Å². The highest BCUT2D eigenvalue weighted by Gasteiger charge is 2.26. The van der Waals surface area contributed by atoms with Crippen LogP contribution in [0.25, 0.3) is 0 Å². The molecule has 1 N–H and O–H groups in total. The van der Waals surface area contributed by atoms with Crippen LogP contribution in [0.5, 0.6) is 0 Å². The van der Waals surface area contributed by atoms with Crippen LogP contribution in [0.15, 0.2) is 35.2 Å². The molecule has 5 nitrogen and oxygen atoms in total. The van der Waals surface area contributed by atoms with Crippen molar-refractivity contribution in [3.05, 3.63) is 30.3 Å². The van der Waals surface area contributed by atoms with E-state index in [0.717, 1.165) is 38.8 Å². The maximum Gasteiger partial charge on any atom is 0.241 e. The molecule has 0 radical (unpaired) electrons. The molecule has 0 bridgehead atoms. The Morgan fingerprint density at radius 1 is 1.10 bits per heavy atom. The quantitative estimate of drug-likeness (QED) is 0.921. The van der Waals surface area contributed by atoms with E-state index in [0.29, 0.717) is 0 Å².